The quantitative estimate of drug-likeness (QED) is 0.588. The van der Waals surface area contributed by atoms with Gasteiger partial charge in [0.05, 0.1) is 23.6 Å². The van der Waals surface area contributed by atoms with Gasteiger partial charge in [-0.2, -0.15) is 4.31 Å². The number of nitrogens with one attached hydrogen (secondary N) is 1. The molecule has 32 heavy (non-hydrogen) atoms. The summed E-state index contributed by atoms with van der Waals surface area (Å²) in [5, 5.41) is 0.876. The lowest BCUT2D eigenvalue weighted by molar-refractivity contribution is 0.0925. The third kappa shape index (κ3) is 4.44. The highest BCUT2D eigenvalue weighted by atomic mass is 32.2. The van der Waals surface area contributed by atoms with E-state index in [4.69, 9.17) is 9.47 Å². The fourth-order valence-electron chi connectivity index (χ4n) is 4.04. The van der Waals surface area contributed by atoms with E-state index in [-0.39, 0.29) is 29.6 Å². The van der Waals surface area contributed by atoms with Crippen LogP contribution in [0.1, 0.15) is 29.5 Å². The lowest BCUT2D eigenvalue weighted by atomic mass is 10.0. The predicted molar refractivity (Wildman–Crippen MR) is 124 cm³/mol. The number of rotatable bonds is 7. The zero-order valence-electron chi connectivity index (χ0n) is 18.6. The Kier molecular flexibility index (Phi) is 6.37. The van der Waals surface area contributed by atoms with Crippen LogP contribution < -0.4 is 10.3 Å². The van der Waals surface area contributed by atoms with Crippen LogP contribution in [0.5, 0.6) is 5.75 Å². The summed E-state index contributed by atoms with van der Waals surface area (Å²) in [6.07, 6.45) is 1.50. The Morgan fingerprint density at radius 2 is 1.91 bits per heavy atom. The fraction of sp³-hybridized carbons (Fsp3) is 0.375. The van der Waals surface area contributed by atoms with Crippen molar-refractivity contribution in [2.75, 3.05) is 20.3 Å². The van der Waals surface area contributed by atoms with Crippen LogP contribution in [0, 0.1) is 13.8 Å². The molecule has 0 saturated carbocycles. The number of nitrogens with zero attached hydrogens (tertiary/aromatic N) is 1. The molecule has 1 aliphatic heterocycles. The van der Waals surface area contributed by atoms with E-state index in [2.05, 4.69) is 4.98 Å². The van der Waals surface area contributed by atoms with Crippen molar-refractivity contribution < 1.29 is 17.9 Å². The molecular weight excluding hydrogens is 428 g/mol. The number of hydrogen-bond acceptors (Lipinski definition) is 5. The predicted octanol–water partition coefficient (Wildman–Crippen LogP) is 3.52. The Hall–Kier alpha value is -2.68. The average Bonchev–Trinajstić information content (AvgIpc) is 3.30. The van der Waals surface area contributed by atoms with Crippen LogP contribution in [0.3, 0.4) is 0 Å². The summed E-state index contributed by atoms with van der Waals surface area (Å²) >= 11 is 0. The lowest BCUT2D eigenvalue weighted by Crippen LogP contribution is -2.38. The van der Waals surface area contributed by atoms with Crippen molar-refractivity contribution in [3.05, 3.63) is 69.5 Å². The van der Waals surface area contributed by atoms with Gasteiger partial charge in [-0.1, -0.05) is 12.1 Å². The van der Waals surface area contributed by atoms with Gasteiger partial charge < -0.3 is 14.5 Å². The Morgan fingerprint density at radius 3 is 2.56 bits per heavy atom. The van der Waals surface area contributed by atoms with Gasteiger partial charge in [-0.3, -0.25) is 4.79 Å². The molecule has 4 rings (SSSR count). The Labute approximate surface area is 188 Å². The first kappa shape index (κ1) is 22.5. The van der Waals surface area contributed by atoms with Crippen LogP contribution >= 0.6 is 0 Å². The molecule has 1 aromatic heterocycles. The molecule has 0 aliphatic carbocycles. The van der Waals surface area contributed by atoms with E-state index in [9.17, 15) is 13.2 Å². The number of hydrogen-bond donors (Lipinski definition) is 1. The van der Waals surface area contributed by atoms with Crippen LogP contribution in [-0.2, 0) is 21.3 Å². The zero-order valence-corrected chi connectivity index (χ0v) is 19.4. The summed E-state index contributed by atoms with van der Waals surface area (Å²) in [6.45, 7) is 4.73. The van der Waals surface area contributed by atoms with Crippen LogP contribution in [0.2, 0.25) is 0 Å². The molecule has 170 valence electrons. The molecule has 2 heterocycles. The van der Waals surface area contributed by atoms with Gasteiger partial charge in [-0.25, -0.2) is 8.42 Å². The van der Waals surface area contributed by atoms with E-state index in [1.165, 1.54) is 23.5 Å². The van der Waals surface area contributed by atoms with Crippen molar-refractivity contribution in [3.63, 3.8) is 0 Å². The second-order valence-electron chi connectivity index (χ2n) is 8.20. The molecule has 0 spiro atoms. The molecule has 8 heteroatoms. The van der Waals surface area contributed by atoms with E-state index in [0.717, 1.165) is 34.9 Å². The van der Waals surface area contributed by atoms with Gasteiger partial charge in [-0.05, 0) is 73.5 Å². The number of ether oxygens (including phenoxy) is 2. The molecule has 0 radical (unpaired) electrons. The van der Waals surface area contributed by atoms with E-state index in [0.29, 0.717) is 17.9 Å². The van der Waals surface area contributed by atoms with Crippen LogP contribution in [0.4, 0.5) is 0 Å². The number of aromatic nitrogens is 1. The van der Waals surface area contributed by atoms with Crippen molar-refractivity contribution in [2.24, 2.45) is 0 Å². The maximum absolute atomic E-state index is 13.5. The lowest BCUT2D eigenvalue weighted by Gasteiger charge is -2.25. The third-order valence-corrected chi connectivity index (χ3v) is 7.93. The standard InChI is InChI=1S/C24H28N2O5S/c1-16-6-7-18-13-19(24(27)25-23(18)17(16)2)14-26(15-21-5-4-12-31-21)32(28,29)22-10-8-20(30-3)9-11-22/h6-11,13,21H,4-5,12,14-15H2,1-3H3,(H,25,27). The van der Waals surface area contributed by atoms with Gasteiger partial charge in [0.1, 0.15) is 5.75 Å². The smallest absolute Gasteiger partial charge is 0.252 e. The van der Waals surface area contributed by atoms with Gasteiger partial charge in [0.15, 0.2) is 0 Å². The van der Waals surface area contributed by atoms with Gasteiger partial charge in [0, 0.05) is 25.3 Å². The molecule has 1 N–H and O–H groups in total. The molecule has 2 aromatic carbocycles. The van der Waals surface area contributed by atoms with Gasteiger partial charge in [0.2, 0.25) is 10.0 Å². The van der Waals surface area contributed by atoms with Crippen molar-refractivity contribution in [3.8, 4) is 5.75 Å². The Bertz CT molecular complexity index is 1280. The van der Waals surface area contributed by atoms with Gasteiger partial charge in [0.25, 0.3) is 5.56 Å². The maximum atomic E-state index is 13.5. The highest BCUT2D eigenvalue weighted by molar-refractivity contribution is 7.89. The molecule has 0 amide bonds. The summed E-state index contributed by atoms with van der Waals surface area (Å²) in [6, 6.07) is 12.0. The molecule has 3 aromatic rings. The van der Waals surface area contributed by atoms with Crippen LogP contribution in [0.15, 0.2) is 52.2 Å². The first-order chi connectivity index (χ1) is 15.3. The molecular formula is C24H28N2O5S. The molecule has 0 bridgehead atoms. The normalized spacial score (nSPS) is 16.7. The van der Waals surface area contributed by atoms with Crippen LogP contribution in [-0.4, -0.2) is 44.1 Å². The Balaban J connectivity index is 1.72. The highest BCUT2D eigenvalue weighted by Crippen LogP contribution is 2.25. The number of methoxy groups -OCH3 is 1. The van der Waals surface area contributed by atoms with E-state index in [1.807, 2.05) is 26.0 Å². The second kappa shape index (κ2) is 9.05. The van der Waals surface area contributed by atoms with Gasteiger partial charge >= 0.3 is 0 Å². The van der Waals surface area contributed by atoms with E-state index < -0.39 is 10.0 Å². The van der Waals surface area contributed by atoms with Crippen molar-refractivity contribution in [2.45, 2.75) is 44.2 Å². The second-order valence-corrected chi connectivity index (χ2v) is 10.1. The Morgan fingerprint density at radius 1 is 1.16 bits per heavy atom. The number of H-pyrrole nitrogens is 1. The monoisotopic (exact) mass is 456 g/mol. The number of aromatic amines is 1. The van der Waals surface area contributed by atoms with E-state index in [1.54, 1.807) is 18.2 Å². The largest absolute Gasteiger partial charge is 0.497 e. The summed E-state index contributed by atoms with van der Waals surface area (Å²) in [7, 11) is -2.32. The molecule has 1 unspecified atom stereocenters. The third-order valence-electron chi connectivity index (χ3n) is 6.10. The van der Waals surface area contributed by atoms with Crippen LogP contribution in [0.25, 0.3) is 10.9 Å². The summed E-state index contributed by atoms with van der Waals surface area (Å²) in [4.78, 5) is 16.0. The van der Waals surface area contributed by atoms with E-state index >= 15 is 0 Å². The SMILES string of the molecule is COc1ccc(S(=O)(=O)N(Cc2cc3ccc(C)c(C)c3[nH]c2=O)CC2CCCO2)cc1. The minimum atomic E-state index is -3.85. The summed E-state index contributed by atoms with van der Waals surface area (Å²) in [5.74, 6) is 0.575. The summed E-state index contributed by atoms with van der Waals surface area (Å²) in [5.41, 5.74) is 2.99. The van der Waals surface area contributed by atoms with Gasteiger partial charge in [-0.15, -0.1) is 0 Å². The minimum absolute atomic E-state index is 0.0353. The highest BCUT2D eigenvalue weighted by Gasteiger charge is 2.30. The molecule has 1 aliphatic rings. The zero-order chi connectivity index (χ0) is 22.9. The maximum Gasteiger partial charge on any atom is 0.252 e. The number of sulfonamides is 1. The topological polar surface area (TPSA) is 88.7 Å². The number of aryl methyl sites for hydroxylation is 2. The minimum Gasteiger partial charge on any atom is -0.497 e. The number of fused-ring (bicyclic) bond motifs is 1. The molecule has 1 atom stereocenters. The molecule has 1 saturated heterocycles. The average molecular weight is 457 g/mol. The summed E-state index contributed by atoms with van der Waals surface area (Å²) < 4.78 is 39.2. The molecule has 1 fully saturated rings. The van der Waals surface area contributed by atoms with Crippen molar-refractivity contribution >= 4 is 20.9 Å². The first-order valence-corrected chi connectivity index (χ1v) is 12.1. The first-order valence-electron chi connectivity index (χ1n) is 10.7. The molecule has 7 nitrogen and oxygen atoms in total. The number of pyridine rings is 1. The van der Waals surface area contributed by atoms with Crippen molar-refractivity contribution in [1.82, 2.24) is 9.29 Å². The van der Waals surface area contributed by atoms with Crippen molar-refractivity contribution in [1.29, 1.82) is 0 Å². The fourth-order valence-corrected chi connectivity index (χ4v) is 5.49. The number of benzene rings is 2.